The Morgan fingerprint density at radius 3 is 2.50 bits per heavy atom. The van der Waals surface area contributed by atoms with Crippen LogP contribution in [0.2, 0.25) is 10.0 Å². The van der Waals surface area contributed by atoms with Gasteiger partial charge in [-0.15, -0.1) is 0 Å². The van der Waals surface area contributed by atoms with Crippen molar-refractivity contribution < 1.29 is 14.3 Å². The summed E-state index contributed by atoms with van der Waals surface area (Å²) in [5.41, 5.74) is 2.37. The summed E-state index contributed by atoms with van der Waals surface area (Å²) in [6, 6.07) is 10.2. The fourth-order valence-corrected chi connectivity index (χ4v) is 3.96. The number of hydrogen-bond donors (Lipinski definition) is 2. The average Bonchev–Trinajstić information content (AvgIpc) is 2.81. The van der Waals surface area contributed by atoms with E-state index in [1.807, 2.05) is 19.1 Å². The molecule has 0 spiro atoms. The molecule has 0 bridgehead atoms. The van der Waals surface area contributed by atoms with Crippen LogP contribution in [0.4, 0.5) is 11.4 Å². The molecule has 0 unspecified atom stereocenters. The van der Waals surface area contributed by atoms with Gasteiger partial charge in [-0.2, -0.15) is 0 Å². The fourth-order valence-electron chi connectivity index (χ4n) is 3.66. The second kappa shape index (κ2) is 12.1. The normalized spacial score (nSPS) is 13.7. The molecular weight excluding hydrogens is 449 g/mol. The molecule has 172 valence electrons. The molecule has 8 heteroatoms. The molecular formula is C24H29Cl2N3O3. The Kier molecular flexibility index (Phi) is 9.21. The molecule has 2 aromatic carbocycles. The standard InChI is InChI=1S/C24H29Cl2N3O3/c1-2-32-14-6-11-27-24(31)19-16-18(8-10-22(19)29-12-4-3-5-13-29)28-23(30)17-7-9-20(25)21(26)15-17/h7-10,15-16H,2-6,11-14H2,1H3,(H,27,31)(H,28,30). The van der Waals surface area contributed by atoms with E-state index in [9.17, 15) is 9.59 Å². The predicted octanol–water partition coefficient (Wildman–Crippen LogP) is 5.39. The maximum absolute atomic E-state index is 13.0. The number of rotatable bonds is 9. The Hall–Kier alpha value is -2.28. The van der Waals surface area contributed by atoms with Crippen LogP contribution >= 0.6 is 23.2 Å². The van der Waals surface area contributed by atoms with Crippen molar-refractivity contribution in [2.24, 2.45) is 0 Å². The van der Waals surface area contributed by atoms with E-state index in [1.54, 1.807) is 18.2 Å². The number of nitrogens with one attached hydrogen (secondary N) is 2. The molecule has 2 amide bonds. The van der Waals surface area contributed by atoms with Gasteiger partial charge in [-0.3, -0.25) is 9.59 Å². The van der Waals surface area contributed by atoms with Crippen molar-refractivity contribution in [3.8, 4) is 0 Å². The number of carbonyl (C=O) groups is 2. The van der Waals surface area contributed by atoms with E-state index in [1.165, 1.54) is 12.5 Å². The van der Waals surface area contributed by atoms with Crippen LogP contribution in [0.25, 0.3) is 0 Å². The number of benzene rings is 2. The molecule has 0 aliphatic carbocycles. The Balaban J connectivity index is 1.78. The lowest BCUT2D eigenvalue weighted by Crippen LogP contribution is -2.33. The van der Waals surface area contributed by atoms with Crippen LogP contribution in [0.5, 0.6) is 0 Å². The van der Waals surface area contributed by atoms with Crippen molar-refractivity contribution >= 4 is 46.4 Å². The van der Waals surface area contributed by atoms with Gasteiger partial charge >= 0.3 is 0 Å². The third kappa shape index (κ3) is 6.61. The van der Waals surface area contributed by atoms with Crippen LogP contribution in [0.1, 0.15) is 53.3 Å². The number of amides is 2. The van der Waals surface area contributed by atoms with E-state index in [0.717, 1.165) is 38.0 Å². The number of ether oxygens (including phenoxy) is 1. The topological polar surface area (TPSA) is 70.7 Å². The zero-order valence-corrected chi connectivity index (χ0v) is 19.8. The molecule has 2 aromatic rings. The lowest BCUT2D eigenvalue weighted by molar-refractivity contribution is 0.0943. The highest BCUT2D eigenvalue weighted by atomic mass is 35.5. The van der Waals surface area contributed by atoms with Crippen molar-refractivity contribution in [2.75, 3.05) is 43.1 Å². The maximum Gasteiger partial charge on any atom is 0.255 e. The zero-order valence-electron chi connectivity index (χ0n) is 18.3. The van der Waals surface area contributed by atoms with Gasteiger partial charge in [0.25, 0.3) is 11.8 Å². The van der Waals surface area contributed by atoms with Crippen molar-refractivity contribution in [3.63, 3.8) is 0 Å². The van der Waals surface area contributed by atoms with Gasteiger partial charge in [0.2, 0.25) is 0 Å². The first kappa shape index (κ1) is 24.4. The number of hydrogen-bond acceptors (Lipinski definition) is 4. The first-order valence-electron chi connectivity index (χ1n) is 11.0. The minimum atomic E-state index is -0.322. The van der Waals surface area contributed by atoms with Crippen molar-refractivity contribution in [2.45, 2.75) is 32.6 Å². The van der Waals surface area contributed by atoms with Crippen LogP contribution < -0.4 is 15.5 Å². The first-order chi connectivity index (χ1) is 15.5. The molecule has 2 N–H and O–H groups in total. The van der Waals surface area contributed by atoms with Crippen molar-refractivity contribution in [1.82, 2.24) is 5.32 Å². The Labute approximate surface area is 199 Å². The summed E-state index contributed by atoms with van der Waals surface area (Å²) in [5.74, 6) is -0.481. The fraction of sp³-hybridized carbons (Fsp3) is 0.417. The van der Waals surface area contributed by atoms with E-state index in [2.05, 4.69) is 15.5 Å². The lowest BCUT2D eigenvalue weighted by atomic mass is 10.1. The molecule has 0 radical (unpaired) electrons. The molecule has 1 saturated heterocycles. The minimum Gasteiger partial charge on any atom is -0.382 e. The third-order valence-corrected chi connectivity index (χ3v) is 6.07. The highest BCUT2D eigenvalue weighted by Gasteiger charge is 2.20. The molecule has 32 heavy (non-hydrogen) atoms. The van der Waals surface area contributed by atoms with Gasteiger partial charge in [0.1, 0.15) is 0 Å². The Morgan fingerprint density at radius 2 is 1.78 bits per heavy atom. The lowest BCUT2D eigenvalue weighted by Gasteiger charge is -2.30. The highest BCUT2D eigenvalue weighted by Crippen LogP contribution is 2.28. The van der Waals surface area contributed by atoms with Crippen molar-refractivity contribution in [1.29, 1.82) is 0 Å². The van der Waals surface area contributed by atoms with Crippen LogP contribution in [0.15, 0.2) is 36.4 Å². The zero-order chi connectivity index (χ0) is 22.9. The number of nitrogens with zero attached hydrogens (tertiary/aromatic N) is 1. The molecule has 1 aliphatic rings. The molecule has 0 aromatic heterocycles. The molecule has 1 aliphatic heterocycles. The van der Waals surface area contributed by atoms with E-state index in [-0.39, 0.29) is 11.8 Å². The Morgan fingerprint density at radius 1 is 1.00 bits per heavy atom. The minimum absolute atomic E-state index is 0.160. The largest absolute Gasteiger partial charge is 0.382 e. The van der Waals surface area contributed by atoms with Crippen LogP contribution in [-0.4, -0.2) is 44.7 Å². The quantitative estimate of drug-likeness (QED) is 0.474. The van der Waals surface area contributed by atoms with Crippen LogP contribution in [0.3, 0.4) is 0 Å². The van der Waals surface area contributed by atoms with E-state index >= 15 is 0 Å². The second-order valence-electron chi connectivity index (χ2n) is 7.67. The number of carbonyl (C=O) groups excluding carboxylic acids is 2. The van der Waals surface area contributed by atoms with Crippen LogP contribution in [0, 0.1) is 0 Å². The number of piperidine rings is 1. The summed E-state index contributed by atoms with van der Waals surface area (Å²) < 4.78 is 5.34. The van der Waals surface area contributed by atoms with Gasteiger partial charge in [-0.25, -0.2) is 0 Å². The van der Waals surface area contributed by atoms with Crippen LogP contribution in [-0.2, 0) is 4.74 Å². The van der Waals surface area contributed by atoms with Gasteiger partial charge in [-0.1, -0.05) is 23.2 Å². The van der Waals surface area contributed by atoms with Gasteiger partial charge in [0, 0.05) is 49.8 Å². The smallest absolute Gasteiger partial charge is 0.255 e. The SMILES string of the molecule is CCOCCCNC(=O)c1cc(NC(=O)c2ccc(Cl)c(Cl)c2)ccc1N1CCCCC1. The molecule has 1 fully saturated rings. The molecule has 6 nitrogen and oxygen atoms in total. The number of halogens is 2. The van der Waals surface area contributed by atoms with Gasteiger partial charge in [0.15, 0.2) is 0 Å². The summed E-state index contributed by atoms with van der Waals surface area (Å²) >= 11 is 12.0. The van der Waals surface area contributed by atoms with Gasteiger partial charge < -0.3 is 20.3 Å². The van der Waals surface area contributed by atoms with E-state index in [0.29, 0.717) is 46.6 Å². The molecule has 1 heterocycles. The monoisotopic (exact) mass is 477 g/mol. The predicted molar refractivity (Wildman–Crippen MR) is 130 cm³/mol. The van der Waals surface area contributed by atoms with E-state index < -0.39 is 0 Å². The second-order valence-corrected chi connectivity index (χ2v) is 8.48. The van der Waals surface area contributed by atoms with Gasteiger partial charge in [-0.05, 0) is 69.0 Å². The average molecular weight is 478 g/mol. The summed E-state index contributed by atoms with van der Waals surface area (Å²) in [6.07, 6.45) is 4.15. The van der Waals surface area contributed by atoms with E-state index in [4.69, 9.17) is 27.9 Å². The third-order valence-electron chi connectivity index (χ3n) is 5.33. The summed E-state index contributed by atoms with van der Waals surface area (Å²) in [6.45, 7) is 5.57. The molecule has 3 rings (SSSR count). The molecule has 0 atom stereocenters. The summed E-state index contributed by atoms with van der Waals surface area (Å²) in [7, 11) is 0. The highest BCUT2D eigenvalue weighted by molar-refractivity contribution is 6.42. The summed E-state index contributed by atoms with van der Waals surface area (Å²) in [5, 5.41) is 6.53. The maximum atomic E-state index is 13.0. The Bertz CT molecular complexity index is 946. The van der Waals surface area contributed by atoms with Crippen molar-refractivity contribution in [3.05, 3.63) is 57.6 Å². The molecule has 0 saturated carbocycles. The van der Waals surface area contributed by atoms with Gasteiger partial charge in [0.05, 0.1) is 15.6 Å². The number of anilines is 2. The summed E-state index contributed by atoms with van der Waals surface area (Å²) in [4.78, 5) is 27.9. The first-order valence-corrected chi connectivity index (χ1v) is 11.8.